The molecule has 138 valence electrons. The lowest BCUT2D eigenvalue weighted by Crippen LogP contribution is -2.16. The van der Waals surface area contributed by atoms with E-state index in [1.54, 1.807) is 13.2 Å². The Hall–Kier alpha value is -2.99. The van der Waals surface area contributed by atoms with Crippen molar-refractivity contribution in [1.29, 1.82) is 0 Å². The number of nitrogens with zero attached hydrogens (tertiary/aromatic N) is 2. The monoisotopic (exact) mass is 384 g/mol. The van der Waals surface area contributed by atoms with Crippen LogP contribution >= 0.6 is 11.6 Å². The van der Waals surface area contributed by atoms with Crippen molar-refractivity contribution >= 4 is 22.7 Å². The molecule has 2 aromatic carbocycles. The Morgan fingerprint density at radius 2 is 2.00 bits per heavy atom. The number of fused-ring (bicyclic) bond motifs is 1. The van der Waals surface area contributed by atoms with Gasteiger partial charge in [-0.15, -0.1) is 0 Å². The van der Waals surface area contributed by atoms with Gasteiger partial charge in [0, 0.05) is 5.56 Å². The molecule has 0 aliphatic carbocycles. The SMILES string of the molecule is COc1cc(/C=C(\Cl)c2nc(-c3ccccc3C)no2)cc2c1OCCO2. The van der Waals surface area contributed by atoms with Gasteiger partial charge >= 0.3 is 0 Å². The molecule has 2 heterocycles. The highest BCUT2D eigenvalue weighted by Gasteiger charge is 2.19. The van der Waals surface area contributed by atoms with Gasteiger partial charge in [0.25, 0.3) is 5.89 Å². The second kappa shape index (κ2) is 7.32. The molecule has 0 saturated carbocycles. The summed E-state index contributed by atoms with van der Waals surface area (Å²) in [5.41, 5.74) is 2.73. The van der Waals surface area contributed by atoms with Crippen molar-refractivity contribution < 1.29 is 18.7 Å². The predicted molar refractivity (Wildman–Crippen MR) is 102 cm³/mol. The first-order valence-electron chi connectivity index (χ1n) is 8.40. The molecule has 0 radical (unpaired) electrons. The molecule has 0 saturated heterocycles. The van der Waals surface area contributed by atoms with Crippen LogP contribution in [0.1, 0.15) is 17.0 Å². The Morgan fingerprint density at radius 3 is 2.81 bits per heavy atom. The standard InChI is InChI=1S/C20H17ClN2O4/c1-12-5-3-4-6-14(12)19-22-20(27-23-19)15(21)9-13-10-16(24-2)18-17(11-13)25-7-8-26-18/h3-6,9-11H,7-8H2,1-2H3/b15-9-. The van der Waals surface area contributed by atoms with Crippen LogP contribution in [0, 0.1) is 6.92 Å². The molecule has 4 rings (SSSR count). The molecule has 6 nitrogen and oxygen atoms in total. The molecular formula is C20H17ClN2O4. The summed E-state index contributed by atoms with van der Waals surface area (Å²) < 4.78 is 22.0. The minimum atomic E-state index is 0.240. The number of rotatable bonds is 4. The van der Waals surface area contributed by atoms with E-state index in [1.807, 2.05) is 43.3 Å². The normalized spacial score (nSPS) is 13.5. The predicted octanol–water partition coefficient (Wildman–Crippen LogP) is 4.56. The maximum Gasteiger partial charge on any atom is 0.269 e. The van der Waals surface area contributed by atoms with Crippen LogP contribution in [-0.2, 0) is 0 Å². The Morgan fingerprint density at radius 1 is 1.19 bits per heavy atom. The average molecular weight is 385 g/mol. The van der Waals surface area contributed by atoms with Crippen LogP contribution in [0.4, 0.5) is 0 Å². The molecule has 27 heavy (non-hydrogen) atoms. The molecule has 7 heteroatoms. The van der Waals surface area contributed by atoms with Crippen LogP contribution in [0.3, 0.4) is 0 Å². The minimum Gasteiger partial charge on any atom is -0.493 e. The zero-order valence-electron chi connectivity index (χ0n) is 14.9. The maximum atomic E-state index is 6.41. The number of hydrogen-bond acceptors (Lipinski definition) is 6. The molecule has 1 aliphatic heterocycles. The van der Waals surface area contributed by atoms with Crippen LogP contribution < -0.4 is 14.2 Å². The van der Waals surface area contributed by atoms with Gasteiger partial charge in [0.15, 0.2) is 11.5 Å². The summed E-state index contributed by atoms with van der Waals surface area (Å²) in [7, 11) is 1.58. The third-order valence-electron chi connectivity index (χ3n) is 4.16. The molecule has 0 spiro atoms. The Kier molecular flexibility index (Phi) is 4.73. The van der Waals surface area contributed by atoms with Gasteiger partial charge in [-0.2, -0.15) is 4.98 Å². The molecule has 0 bridgehead atoms. The van der Waals surface area contributed by atoms with Crippen molar-refractivity contribution in [2.24, 2.45) is 0 Å². The van der Waals surface area contributed by atoms with Crippen LogP contribution in [0.25, 0.3) is 22.5 Å². The molecule has 0 atom stereocenters. The van der Waals surface area contributed by atoms with Crippen molar-refractivity contribution in [3.63, 3.8) is 0 Å². The number of hydrogen-bond donors (Lipinski definition) is 0. The number of halogens is 1. The first kappa shape index (κ1) is 17.4. The Bertz CT molecular complexity index is 996. The summed E-state index contributed by atoms with van der Waals surface area (Å²) in [6, 6.07) is 11.5. The fourth-order valence-electron chi connectivity index (χ4n) is 2.84. The molecule has 3 aromatic rings. The largest absolute Gasteiger partial charge is 0.493 e. The van der Waals surface area contributed by atoms with Gasteiger partial charge in [-0.1, -0.05) is 41.0 Å². The summed E-state index contributed by atoms with van der Waals surface area (Å²) >= 11 is 6.41. The van der Waals surface area contributed by atoms with E-state index in [0.29, 0.717) is 41.3 Å². The highest BCUT2D eigenvalue weighted by atomic mass is 35.5. The summed E-state index contributed by atoms with van der Waals surface area (Å²) in [6.07, 6.45) is 1.72. The molecule has 0 unspecified atom stereocenters. The quantitative estimate of drug-likeness (QED) is 0.656. The second-order valence-electron chi connectivity index (χ2n) is 5.98. The molecule has 0 amide bonds. The van der Waals surface area contributed by atoms with Gasteiger partial charge < -0.3 is 18.7 Å². The zero-order chi connectivity index (χ0) is 18.8. The van der Waals surface area contributed by atoms with E-state index in [9.17, 15) is 0 Å². The lowest BCUT2D eigenvalue weighted by atomic mass is 10.1. The molecule has 1 aromatic heterocycles. The van der Waals surface area contributed by atoms with Crippen molar-refractivity contribution in [2.45, 2.75) is 6.92 Å². The number of aryl methyl sites for hydroxylation is 1. The number of benzene rings is 2. The van der Waals surface area contributed by atoms with Crippen molar-refractivity contribution in [3.05, 3.63) is 53.4 Å². The Balaban J connectivity index is 1.66. The first-order chi connectivity index (χ1) is 13.2. The topological polar surface area (TPSA) is 66.6 Å². The van der Waals surface area contributed by atoms with Gasteiger partial charge in [0.2, 0.25) is 11.6 Å². The third kappa shape index (κ3) is 3.48. The Labute approximate surface area is 161 Å². The minimum absolute atomic E-state index is 0.240. The number of aromatic nitrogens is 2. The number of methoxy groups -OCH3 is 1. The van der Waals surface area contributed by atoms with Crippen LogP contribution in [0.5, 0.6) is 17.2 Å². The van der Waals surface area contributed by atoms with Gasteiger partial charge in [-0.05, 0) is 36.3 Å². The molecular weight excluding hydrogens is 368 g/mol. The second-order valence-corrected chi connectivity index (χ2v) is 6.38. The van der Waals surface area contributed by atoms with E-state index < -0.39 is 0 Å². The summed E-state index contributed by atoms with van der Waals surface area (Å²) in [5, 5.41) is 4.35. The van der Waals surface area contributed by atoms with Crippen LogP contribution in [0.15, 0.2) is 40.9 Å². The van der Waals surface area contributed by atoms with E-state index in [0.717, 1.165) is 16.7 Å². The zero-order valence-corrected chi connectivity index (χ0v) is 15.6. The van der Waals surface area contributed by atoms with Gasteiger partial charge in [0.05, 0.1) is 7.11 Å². The molecule has 0 fully saturated rings. The summed E-state index contributed by atoms with van der Waals surface area (Å²) in [5.74, 6) is 2.52. The highest BCUT2D eigenvalue weighted by Crippen LogP contribution is 2.41. The molecule has 0 N–H and O–H groups in total. The summed E-state index contributed by atoms with van der Waals surface area (Å²) in [4.78, 5) is 4.40. The fourth-order valence-corrected chi connectivity index (χ4v) is 3.04. The van der Waals surface area contributed by atoms with E-state index in [4.69, 9.17) is 30.3 Å². The van der Waals surface area contributed by atoms with Gasteiger partial charge in [-0.3, -0.25) is 0 Å². The average Bonchev–Trinajstić information content (AvgIpc) is 3.18. The van der Waals surface area contributed by atoms with E-state index in [1.165, 1.54) is 0 Å². The van der Waals surface area contributed by atoms with Gasteiger partial charge in [0.1, 0.15) is 18.2 Å². The molecule has 1 aliphatic rings. The van der Waals surface area contributed by atoms with Crippen LogP contribution in [0.2, 0.25) is 0 Å². The third-order valence-corrected chi connectivity index (χ3v) is 4.43. The van der Waals surface area contributed by atoms with Crippen molar-refractivity contribution in [1.82, 2.24) is 10.1 Å². The van der Waals surface area contributed by atoms with Gasteiger partial charge in [-0.25, -0.2) is 0 Å². The van der Waals surface area contributed by atoms with Crippen molar-refractivity contribution in [3.8, 4) is 28.6 Å². The highest BCUT2D eigenvalue weighted by molar-refractivity contribution is 6.50. The summed E-state index contributed by atoms with van der Waals surface area (Å²) in [6.45, 7) is 2.97. The first-order valence-corrected chi connectivity index (χ1v) is 8.78. The lowest BCUT2D eigenvalue weighted by molar-refractivity contribution is 0.165. The lowest BCUT2D eigenvalue weighted by Gasteiger charge is -2.21. The van der Waals surface area contributed by atoms with Crippen molar-refractivity contribution in [2.75, 3.05) is 20.3 Å². The van der Waals surface area contributed by atoms with Crippen LogP contribution in [-0.4, -0.2) is 30.5 Å². The fraction of sp³-hybridized carbons (Fsp3) is 0.200. The smallest absolute Gasteiger partial charge is 0.269 e. The van der Waals surface area contributed by atoms with E-state index in [2.05, 4.69) is 10.1 Å². The maximum absolute atomic E-state index is 6.41. The van der Waals surface area contributed by atoms with E-state index >= 15 is 0 Å². The number of ether oxygens (including phenoxy) is 3. The van der Waals surface area contributed by atoms with E-state index in [-0.39, 0.29) is 5.89 Å².